The summed E-state index contributed by atoms with van der Waals surface area (Å²) in [4.78, 5) is 11.7. The van der Waals surface area contributed by atoms with Crippen LogP contribution in [-0.2, 0) is 4.79 Å². The van der Waals surface area contributed by atoms with Crippen molar-refractivity contribution in [2.75, 3.05) is 0 Å². The third kappa shape index (κ3) is 3.77. The van der Waals surface area contributed by atoms with Gasteiger partial charge in [0.1, 0.15) is 11.5 Å². The van der Waals surface area contributed by atoms with Crippen LogP contribution in [0.5, 0.6) is 0 Å². The van der Waals surface area contributed by atoms with Crippen LogP contribution in [0, 0.1) is 6.92 Å². The van der Waals surface area contributed by atoms with E-state index in [4.69, 9.17) is 4.42 Å². The van der Waals surface area contributed by atoms with Crippen molar-refractivity contribution < 1.29 is 9.21 Å². The predicted molar refractivity (Wildman–Crippen MR) is 67.5 cm³/mol. The monoisotopic (exact) mass is 233 g/mol. The maximum absolute atomic E-state index is 11.7. The van der Waals surface area contributed by atoms with Gasteiger partial charge in [0.05, 0.1) is 0 Å². The Balaban J connectivity index is 1.82. The molecule has 1 fully saturated rings. The van der Waals surface area contributed by atoms with Gasteiger partial charge in [0.25, 0.3) is 0 Å². The van der Waals surface area contributed by atoms with Crippen LogP contribution in [0.1, 0.15) is 43.6 Å². The van der Waals surface area contributed by atoms with E-state index in [1.54, 1.807) is 12.2 Å². The molecule has 0 aliphatic heterocycles. The topological polar surface area (TPSA) is 42.2 Å². The summed E-state index contributed by atoms with van der Waals surface area (Å²) in [6.45, 7) is 1.89. The smallest absolute Gasteiger partial charge is 0.244 e. The third-order valence-electron chi connectivity index (χ3n) is 3.11. The quantitative estimate of drug-likeness (QED) is 0.815. The summed E-state index contributed by atoms with van der Waals surface area (Å²) < 4.78 is 5.36. The lowest BCUT2D eigenvalue weighted by atomic mass is 9.95. The van der Waals surface area contributed by atoms with Gasteiger partial charge in [-0.15, -0.1) is 0 Å². The number of amides is 1. The molecule has 3 nitrogen and oxygen atoms in total. The second-order valence-electron chi connectivity index (χ2n) is 4.63. The van der Waals surface area contributed by atoms with Crippen molar-refractivity contribution in [2.24, 2.45) is 0 Å². The highest BCUT2D eigenvalue weighted by Crippen LogP contribution is 2.17. The Morgan fingerprint density at radius 2 is 2.12 bits per heavy atom. The Kier molecular flexibility index (Phi) is 4.02. The molecule has 1 aromatic rings. The minimum atomic E-state index is -0.0223. The molecule has 0 bridgehead atoms. The molecule has 1 saturated carbocycles. The largest absolute Gasteiger partial charge is 0.462 e. The molecule has 1 aromatic heterocycles. The zero-order chi connectivity index (χ0) is 12.1. The lowest BCUT2D eigenvalue weighted by Crippen LogP contribution is -2.34. The average Bonchev–Trinajstić information content (AvgIpc) is 2.74. The van der Waals surface area contributed by atoms with Gasteiger partial charge in [0, 0.05) is 12.1 Å². The highest BCUT2D eigenvalue weighted by molar-refractivity contribution is 5.91. The van der Waals surface area contributed by atoms with E-state index in [0.29, 0.717) is 6.04 Å². The summed E-state index contributed by atoms with van der Waals surface area (Å²) in [6, 6.07) is 4.11. The van der Waals surface area contributed by atoms with Crippen molar-refractivity contribution in [1.82, 2.24) is 5.32 Å². The Morgan fingerprint density at radius 3 is 2.76 bits per heavy atom. The summed E-state index contributed by atoms with van der Waals surface area (Å²) in [6.07, 6.45) is 9.24. The molecule has 0 saturated heterocycles. The van der Waals surface area contributed by atoms with Crippen LogP contribution < -0.4 is 5.32 Å². The van der Waals surface area contributed by atoms with Crippen LogP contribution in [-0.4, -0.2) is 11.9 Å². The molecule has 1 heterocycles. The van der Waals surface area contributed by atoms with E-state index in [9.17, 15) is 4.79 Å². The molecule has 0 aromatic carbocycles. The molecule has 1 aliphatic carbocycles. The number of furan rings is 1. The highest BCUT2D eigenvalue weighted by Gasteiger charge is 2.14. The first-order valence-corrected chi connectivity index (χ1v) is 6.29. The normalized spacial score (nSPS) is 17.5. The molecule has 0 unspecified atom stereocenters. The van der Waals surface area contributed by atoms with E-state index in [2.05, 4.69) is 5.32 Å². The Hall–Kier alpha value is -1.51. The minimum Gasteiger partial charge on any atom is -0.462 e. The Labute approximate surface area is 102 Å². The van der Waals surface area contributed by atoms with Gasteiger partial charge >= 0.3 is 0 Å². The van der Waals surface area contributed by atoms with Crippen molar-refractivity contribution in [3.63, 3.8) is 0 Å². The second-order valence-corrected chi connectivity index (χ2v) is 4.63. The summed E-state index contributed by atoms with van der Waals surface area (Å²) in [5.41, 5.74) is 0. The molecule has 2 rings (SSSR count). The zero-order valence-electron chi connectivity index (χ0n) is 10.2. The van der Waals surface area contributed by atoms with E-state index in [-0.39, 0.29) is 5.91 Å². The molecule has 1 amide bonds. The van der Waals surface area contributed by atoms with Crippen LogP contribution in [0.4, 0.5) is 0 Å². The first-order chi connectivity index (χ1) is 8.24. The van der Waals surface area contributed by atoms with Crippen molar-refractivity contribution >= 4 is 12.0 Å². The fourth-order valence-electron chi connectivity index (χ4n) is 2.20. The van der Waals surface area contributed by atoms with Gasteiger partial charge < -0.3 is 9.73 Å². The highest BCUT2D eigenvalue weighted by atomic mass is 16.3. The summed E-state index contributed by atoms with van der Waals surface area (Å²) in [7, 11) is 0. The fourth-order valence-corrected chi connectivity index (χ4v) is 2.20. The van der Waals surface area contributed by atoms with Crippen molar-refractivity contribution in [3.8, 4) is 0 Å². The van der Waals surface area contributed by atoms with Crippen molar-refractivity contribution in [3.05, 3.63) is 29.7 Å². The van der Waals surface area contributed by atoms with E-state index in [1.807, 2.05) is 19.1 Å². The molecule has 0 radical (unpaired) electrons. The maximum Gasteiger partial charge on any atom is 0.244 e. The lowest BCUT2D eigenvalue weighted by molar-refractivity contribution is -0.117. The number of carbonyl (C=O) groups is 1. The first-order valence-electron chi connectivity index (χ1n) is 6.29. The molecular formula is C14H19NO2. The fraction of sp³-hybridized carbons (Fsp3) is 0.500. The molecule has 0 spiro atoms. The van der Waals surface area contributed by atoms with Crippen LogP contribution in [0.15, 0.2) is 22.6 Å². The van der Waals surface area contributed by atoms with Crippen molar-refractivity contribution in [1.29, 1.82) is 0 Å². The summed E-state index contributed by atoms with van der Waals surface area (Å²) in [5.74, 6) is 1.56. The average molecular weight is 233 g/mol. The van der Waals surface area contributed by atoms with Gasteiger partial charge in [-0.1, -0.05) is 19.3 Å². The van der Waals surface area contributed by atoms with Gasteiger partial charge in [-0.3, -0.25) is 4.79 Å². The number of carbonyl (C=O) groups excluding carboxylic acids is 1. The molecule has 0 atom stereocenters. The van der Waals surface area contributed by atoms with Gasteiger partial charge in [-0.05, 0) is 38.0 Å². The molecule has 17 heavy (non-hydrogen) atoms. The standard InChI is InChI=1S/C14H19NO2/c1-11-7-8-13(17-11)9-10-14(16)15-12-5-3-2-4-6-12/h7-10,12H,2-6H2,1H3,(H,15,16)/b10-9-. The maximum atomic E-state index is 11.7. The molecule has 1 aliphatic rings. The number of hydrogen-bond donors (Lipinski definition) is 1. The van der Waals surface area contributed by atoms with Crippen molar-refractivity contribution in [2.45, 2.75) is 45.1 Å². The number of aryl methyl sites for hydroxylation is 1. The van der Waals surface area contributed by atoms with Crippen LogP contribution >= 0.6 is 0 Å². The van der Waals surface area contributed by atoms with E-state index >= 15 is 0 Å². The van der Waals surface area contributed by atoms with Gasteiger partial charge in [-0.2, -0.15) is 0 Å². The van der Waals surface area contributed by atoms with Crippen LogP contribution in [0.3, 0.4) is 0 Å². The first kappa shape index (κ1) is 12.0. The number of rotatable bonds is 3. The molecule has 92 valence electrons. The van der Waals surface area contributed by atoms with Crippen LogP contribution in [0.2, 0.25) is 0 Å². The van der Waals surface area contributed by atoms with E-state index in [1.165, 1.54) is 19.3 Å². The van der Waals surface area contributed by atoms with Gasteiger partial charge in [0.15, 0.2) is 0 Å². The number of nitrogens with one attached hydrogen (secondary N) is 1. The zero-order valence-corrected chi connectivity index (χ0v) is 10.2. The summed E-state index contributed by atoms with van der Waals surface area (Å²) in [5, 5.41) is 3.03. The van der Waals surface area contributed by atoms with Gasteiger partial charge in [0.2, 0.25) is 5.91 Å². The number of hydrogen-bond acceptors (Lipinski definition) is 2. The van der Waals surface area contributed by atoms with Gasteiger partial charge in [-0.25, -0.2) is 0 Å². The predicted octanol–water partition coefficient (Wildman–Crippen LogP) is 3.05. The Morgan fingerprint density at radius 1 is 1.35 bits per heavy atom. The lowest BCUT2D eigenvalue weighted by Gasteiger charge is -2.21. The van der Waals surface area contributed by atoms with E-state index < -0.39 is 0 Å². The van der Waals surface area contributed by atoms with Crippen LogP contribution in [0.25, 0.3) is 6.08 Å². The second kappa shape index (κ2) is 5.71. The molecular weight excluding hydrogens is 214 g/mol. The molecule has 1 N–H and O–H groups in total. The summed E-state index contributed by atoms with van der Waals surface area (Å²) >= 11 is 0. The SMILES string of the molecule is Cc1ccc(/C=C\C(=O)NC2CCCCC2)o1. The van der Waals surface area contributed by atoms with E-state index in [0.717, 1.165) is 24.4 Å². The molecule has 3 heteroatoms. The minimum absolute atomic E-state index is 0.0223. The Bertz CT molecular complexity index is 400. The third-order valence-corrected chi connectivity index (χ3v) is 3.11.